The average molecular weight is 397 g/mol. The van der Waals surface area contributed by atoms with Crippen molar-refractivity contribution < 1.29 is 18.9 Å². The van der Waals surface area contributed by atoms with Gasteiger partial charge in [0, 0.05) is 16.2 Å². The Kier molecular flexibility index (Phi) is 5.23. The zero-order valence-electron chi connectivity index (χ0n) is 12.9. The fraction of sp³-hybridized carbons (Fsp3) is 0.294. The molecule has 122 valence electrons. The van der Waals surface area contributed by atoms with Crippen molar-refractivity contribution in [3.05, 3.63) is 40.4 Å². The summed E-state index contributed by atoms with van der Waals surface area (Å²) in [5.41, 5.74) is 1.08. The third-order valence-corrected chi connectivity index (χ3v) is 5.13. The highest BCUT2D eigenvalue weighted by atomic mass is 79.9. The first-order valence-electron chi connectivity index (χ1n) is 7.14. The second kappa shape index (κ2) is 7.36. The zero-order valence-corrected chi connectivity index (χ0v) is 15.3. The van der Waals surface area contributed by atoms with Gasteiger partial charge in [-0.1, -0.05) is 0 Å². The van der Waals surface area contributed by atoms with Crippen LogP contribution in [0.2, 0.25) is 0 Å². The van der Waals surface area contributed by atoms with E-state index in [-0.39, 0.29) is 0 Å². The summed E-state index contributed by atoms with van der Waals surface area (Å²) in [4.78, 5) is 1.12. The maximum Gasteiger partial charge on any atom is 0.162 e. The number of methoxy groups -OCH3 is 2. The summed E-state index contributed by atoms with van der Waals surface area (Å²) < 4.78 is 22.9. The van der Waals surface area contributed by atoms with E-state index in [9.17, 15) is 0 Å². The number of hydrogen-bond donors (Lipinski definition) is 0. The predicted octanol–water partition coefficient (Wildman–Crippen LogP) is 4.53. The SMILES string of the molecule is COc1cc(CSc2ccc3c(c2)OCCO3)c(OC)cc1Br. The largest absolute Gasteiger partial charge is 0.496 e. The highest BCUT2D eigenvalue weighted by molar-refractivity contribution is 9.10. The highest BCUT2D eigenvalue weighted by Crippen LogP contribution is 2.38. The van der Waals surface area contributed by atoms with Crippen LogP contribution in [-0.2, 0) is 5.75 Å². The smallest absolute Gasteiger partial charge is 0.162 e. The Labute approximate surface area is 148 Å². The average Bonchev–Trinajstić information content (AvgIpc) is 2.60. The fourth-order valence-electron chi connectivity index (χ4n) is 2.31. The number of ether oxygens (including phenoxy) is 4. The second-order valence-corrected chi connectivity index (χ2v) is 6.80. The van der Waals surface area contributed by atoms with Gasteiger partial charge in [-0.15, -0.1) is 11.8 Å². The summed E-state index contributed by atoms with van der Waals surface area (Å²) in [7, 11) is 3.33. The molecule has 3 rings (SSSR count). The van der Waals surface area contributed by atoms with Gasteiger partial charge in [-0.3, -0.25) is 0 Å². The molecule has 1 heterocycles. The Morgan fingerprint density at radius 3 is 2.48 bits per heavy atom. The van der Waals surface area contributed by atoms with Crippen LogP contribution in [0.3, 0.4) is 0 Å². The number of rotatable bonds is 5. The van der Waals surface area contributed by atoms with Crippen molar-refractivity contribution in [3.8, 4) is 23.0 Å². The zero-order chi connectivity index (χ0) is 16.2. The van der Waals surface area contributed by atoms with Crippen molar-refractivity contribution in [2.45, 2.75) is 10.6 Å². The van der Waals surface area contributed by atoms with Gasteiger partial charge in [-0.05, 0) is 46.3 Å². The molecular formula is C17H17BrO4S. The lowest BCUT2D eigenvalue weighted by molar-refractivity contribution is 0.171. The van der Waals surface area contributed by atoms with Crippen molar-refractivity contribution in [2.75, 3.05) is 27.4 Å². The van der Waals surface area contributed by atoms with Crippen molar-refractivity contribution in [1.29, 1.82) is 0 Å². The highest BCUT2D eigenvalue weighted by Gasteiger charge is 2.13. The normalized spacial score (nSPS) is 12.8. The number of thioether (sulfide) groups is 1. The van der Waals surface area contributed by atoms with Crippen molar-refractivity contribution in [1.82, 2.24) is 0 Å². The first-order chi connectivity index (χ1) is 11.2. The van der Waals surface area contributed by atoms with Crippen LogP contribution in [0.1, 0.15) is 5.56 Å². The van der Waals surface area contributed by atoms with Gasteiger partial charge in [0.1, 0.15) is 24.7 Å². The van der Waals surface area contributed by atoms with Gasteiger partial charge < -0.3 is 18.9 Å². The van der Waals surface area contributed by atoms with Gasteiger partial charge in [-0.2, -0.15) is 0 Å². The quantitative estimate of drug-likeness (QED) is 0.693. The van der Waals surface area contributed by atoms with Crippen LogP contribution in [0.15, 0.2) is 39.7 Å². The number of hydrogen-bond acceptors (Lipinski definition) is 5. The third-order valence-electron chi connectivity index (χ3n) is 3.46. The molecule has 0 atom stereocenters. The van der Waals surface area contributed by atoms with Crippen molar-refractivity contribution >= 4 is 27.7 Å². The second-order valence-electron chi connectivity index (χ2n) is 4.89. The molecule has 0 aliphatic carbocycles. The third kappa shape index (κ3) is 3.70. The maximum absolute atomic E-state index is 5.62. The van der Waals surface area contributed by atoms with Crippen molar-refractivity contribution in [2.24, 2.45) is 0 Å². The molecule has 0 amide bonds. The lowest BCUT2D eigenvalue weighted by Gasteiger charge is -2.19. The molecule has 0 fully saturated rings. The molecular weight excluding hydrogens is 380 g/mol. The monoisotopic (exact) mass is 396 g/mol. The van der Waals surface area contributed by atoms with Crippen LogP contribution in [0, 0.1) is 0 Å². The minimum absolute atomic E-state index is 0.596. The minimum Gasteiger partial charge on any atom is -0.496 e. The van der Waals surface area contributed by atoms with Gasteiger partial charge in [-0.25, -0.2) is 0 Å². The lowest BCUT2D eigenvalue weighted by atomic mass is 10.2. The molecule has 0 N–H and O–H groups in total. The Morgan fingerprint density at radius 1 is 1.00 bits per heavy atom. The molecule has 2 aromatic rings. The van der Waals surface area contributed by atoms with Crippen LogP contribution in [0.5, 0.6) is 23.0 Å². The van der Waals surface area contributed by atoms with Gasteiger partial charge in [0.15, 0.2) is 11.5 Å². The van der Waals surface area contributed by atoms with E-state index in [1.54, 1.807) is 26.0 Å². The molecule has 0 saturated heterocycles. The summed E-state index contributed by atoms with van der Waals surface area (Å²) in [5.74, 6) is 4.02. The van der Waals surface area contributed by atoms with E-state index < -0.39 is 0 Å². The van der Waals surface area contributed by atoms with Gasteiger partial charge in [0.25, 0.3) is 0 Å². The van der Waals surface area contributed by atoms with Crippen LogP contribution >= 0.6 is 27.7 Å². The maximum atomic E-state index is 5.62. The molecule has 1 aliphatic heterocycles. The minimum atomic E-state index is 0.596. The summed E-state index contributed by atoms with van der Waals surface area (Å²) in [6, 6.07) is 9.94. The number of fused-ring (bicyclic) bond motifs is 1. The summed E-state index contributed by atoms with van der Waals surface area (Å²) in [6.45, 7) is 1.20. The van der Waals surface area contributed by atoms with E-state index in [0.717, 1.165) is 43.7 Å². The Hall–Kier alpha value is -1.53. The van der Waals surface area contributed by atoms with Crippen LogP contribution in [-0.4, -0.2) is 27.4 Å². The molecule has 0 spiro atoms. The molecule has 0 radical (unpaired) electrons. The molecule has 23 heavy (non-hydrogen) atoms. The predicted molar refractivity (Wildman–Crippen MR) is 94.2 cm³/mol. The topological polar surface area (TPSA) is 36.9 Å². The van der Waals surface area contributed by atoms with Crippen LogP contribution < -0.4 is 18.9 Å². The molecule has 6 heteroatoms. The van der Waals surface area contributed by atoms with Crippen LogP contribution in [0.25, 0.3) is 0 Å². The lowest BCUT2D eigenvalue weighted by Crippen LogP contribution is -2.15. The fourth-order valence-corrected chi connectivity index (χ4v) is 3.70. The van der Waals surface area contributed by atoms with Crippen molar-refractivity contribution in [3.63, 3.8) is 0 Å². The molecule has 0 unspecified atom stereocenters. The molecule has 0 bridgehead atoms. The summed E-state index contributed by atoms with van der Waals surface area (Å²) in [6.07, 6.45) is 0. The van der Waals surface area contributed by atoms with E-state index in [1.165, 1.54) is 0 Å². The molecule has 2 aromatic carbocycles. The molecule has 0 aromatic heterocycles. The first kappa shape index (κ1) is 16.3. The number of halogens is 1. The van der Waals surface area contributed by atoms with E-state index >= 15 is 0 Å². The molecule has 1 aliphatic rings. The Balaban J connectivity index is 1.77. The van der Waals surface area contributed by atoms with Gasteiger partial charge >= 0.3 is 0 Å². The summed E-state index contributed by atoms with van der Waals surface area (Å²) in [5, 5.41) is 0. The van der Waals surface area contributed by atoms with Crippen LogP contribution in [0.4, 0.5) is 0 Å². The summed E-state index contributed by atoms with van der Waals surface area (Å²) >= 11 is 5.19. The molecule has 4 nitrogen and oxygen atoms in total. The first-order valence-corrected chi connectivity index (χ1v) is 8.92. The van der Waals surface area contributed by atoms with E-state index in [4.69, 9.17) is 18.9 Å². The standard InChI is InChI=1S/C17H17BrO4S/c1-19-15-9-13(18)16(20-2)7-11(15)10-23-12-3-4-14-17(8-12)22-6-5-21-14/h3-4,7-9H,5-6,10H2,1-2H3. The Morgan fingerprint density at radius 2 is 1.74 bits per heavy atom. The molecule has 0 saturated carbocycles. The van der Waals surface area contributed by atoms with E-state index in [0.29, 0.717) is 13.2 Å². The van der Waals surface area contributed by atoms with E-state index in [2.05, 4.69) is 15.9 Å². The van der Waals surface area contributed by atoms with Gasteiger partial charge in [0.05, 0.1) is 18.7 Å². The van der Waals surface area contributed by atoms with E-state index in [1.807, 2.05) is 30.3 Å². The Bertz CT molecular complexity index is 705. The van der Waals surface area contributed by atoms with Gasteiger partial charge in [0.2, 0.25) is 0 Å². The number of benzene rings is 2.